The fourth-order valence-electron chi connectivity index (χ4n) is 1.09. The summed E-state index contributed by atoms with van der Waals surface area (Å²) in [7, 11) is -3.49. The van der Waals surface area contributed by atoms with Gasteiger partial charge >= 0.3 is 0 Å². The van der Waals surface area contributed by atoms with E-state index in [9.17, 15) is 17.6 Å². The lowest BCUT2D eigenvalue weighted by Crippen LogP contribution is -2.26. The molecular weight excluding hydrogens is 346 g/mol. The summed E-state index contributed by atoms with van der Waals surface area (Å²) in [6.07, 6.45) is 0. The van der Waals surface area contributed by atoms with Crippen molar-refractivity contribution in [2.45, 2.75) is 10.2 Å². The molecule has 88 valence electrons. The number of benzene rings is 1. The summed E-state index contributed by atoms with van der Waals surface area (Å²) >= 11 is 1.53. The van der Waals surface area contributed by atoms with Gasteiger partial charge in [-0.15, -0.1) is 0 Å². The van der Waals surface area contributed by atoms with Crippen LogP contribution in [0.3, 0.4) is 0 Å². The number of carbonyl (C=O) groups is 1. The highest BCUT2D eigenvalue weighted by Gasteiger charge is 2.30. The Morgan fingerprint density at radius 1 is 1.44 bits per heavy atom. The van der Waals surface area contributed by atoms with E-state index < -0.39 is 24.7 Å². The standard InChI is InChI=1S/C10H10FIO3S/c1-2-16(14,15)10(12)9(13)7-5-3-4-6-8(7)11/h3-6,10H,2H2,1H3/t10-/m0/s1. The summed E-state index contributed by atoms with van der Waals surface area (Å²) in [5, 5.41) is 0. The maximum absolute atomic E-state index is 13.3. The normalized spacial score (nSPS) is 13.4. The van der Waals surface area contributed by atoms with Crippen LogP contribution in [0.2, 0.25) is 0 Å². The number of Topliss-reactive ketones (excluding diaryl/α,β-unsaturated/α-hetero) is 1. The molecule has 16 heavy (non-hydrogen) atoms. The Bertz CT molecular complexity index is 499. The average molecular weight is 356 g/mol. The molecule has 1 rings (SSSR count). The van der Waals surface area contributed by atoms with Gasteiger partial charge in [0.15, 0.2) is 18.9 Å². The number of hydrogen-bond acceptors (Lipinski definition) is 3. The number of sulfone groups is 1. The third-order valence-corrected chi connectivity index (χ3v) is 6.60. The van der Waals surface area contributed by atoms with Crippen molar-refractivity contribution in [2.75, 3.05) is 5.75 Å². The van der Waals surface area contributed by atoms with Crippen molar-refractivity contribution in [3.8, 4) is 0 Å². The zero-order valence-corrected chi connectivity index (χ0v) is 11.5. The summed E-state index contributed by atoms with van der Waals surface area (Å²) in [6, 6.07) is 5.37. The second-order valence-electron chi connectivity index (χ2n) is 3.11. The van der Waals surface area contributed by atoms with Crippen molar-refractivity contribution in [1.82, 2.24) is 0 Å². The van der Waals surface area contributed by atoms with Gasteiger partial charge in [0, 0.05) is 5.75 Å². The molecule has 6 heteroatoms. The van der Waals surface area contributed by atoms with Crippen LogP contribution in [-0.4, -0.2) is 23.2 Å². The van der Waals surface area contributed by atoms with Gasteiger partial charge in [0.05, 0.1) is 5.56 Å². The lowest BCUT2D eigenvalue weighted by molar-refractivity contribution is 0.101. The zero-order chi connectivity index (χ0) is 12.3. The number of carbonyl (C=O) groups excluding carboxylic acids is 1. The molecule has 0 aromatic heterocycles. The van der Waals surface area contributed by atoms with Gasteiger partial charge < -0.3 is 0 Å². The third-order valence-electron chi connectivity index (χ3n) is 2.06. The Balaban J connectivity index is 3.10. The van der Waals surface area contributed by atoms with E-state index in [-0.39, 0.29) is 11.3 Å². The number of halogens is 2. The Labute approximate surface area is 107 Å². The van der Waals surface area contributed by atoms with Crippen molar-refractivity contribution in [1.29, 1.82) is 0 Å². The van der Waals surface area contributed by atoms with Crippen LogP contribution in [0.5, 0.6) is 0 Å². The van der Waals surface area contributed by atoms with E-state index in [2.05, 4.69) is 0 Å². The van der Waals surface area contributed by atoms with E-state index in [1.165, 1.54) is 47.7 Å². The minimum atomic E-state index is -3.49. The first-order chi connectivity index (χ1) is 7.40. The first-order valence-electron chi connectivity index (χ1n) is 4.54. The summed E-state index contributed by atoms with van der Waals surface area (Å²) in [5.41, 5.74) is -0.182. The maximum Gasteiger partial charge on any atom is 0.193 e. The second-order valence-corrected chi connectivity index (χ2v) is 7.58. The molecule has 0 saturated heterocycles. The third kappa shape index (κ3) is 2.79. The first-order valence-corrected chi connectivity index (χ1v) is 7.50. The monoisotopic (exact) mass is 356 g/mol. The topological polar surface area (TPSA) is 51.2 Å². The van der Waals surface area contributed by atoms with E-state index in [0.29, 0.717) is 0 Å². The fraction of sp³-hybridized carbons (Fsp3) is 0.300. The predicted molar refractivity (Wildman–Crippen MR) is 68.0 cm³/mol. The van der Waals surface area contributed by atoms with Crippen molar-refractivity contribution in [2.24, 2.45) is 0 Å². The first kappa shape index (κ1) is 13.6. The highest BCUT2D eigenvalue weighted by Crippen LogP contribution is 2.19. The van der Waals surface area contributed by atoms with E-state index in [0.717, 1.165) is 6.07 Å². The van der Waals surface area contributed by atoms with Crippen molar-refractivity contribution in [3.63, 3.8) is 0 Å². The molecule has 0 N–H and O–H groups in total. The molecule has 0 unspecified atom stereocenters. The average Bonchev–Trinajstić information content (AvgIpc) is 2.27. The molecule has 0 bridgehead atoms. The molecule has 0 aliphatic carbocycles. The molecule has 0 aliphatic rings. The van der Waals surface area contributed by atoms with Crippen LogP contribution in [0.4, 0.5) is 4.39 Å². The summed E-state index contributed by atoms with van der Waals surface area (Å²) in [6.45, 7) is 1.45. The van der Waals surface area contributed by atoms with Gasteiger partial charge in [-0.3, -0.25) is 4.79 Å². The Morgan fingerprint density at radius 2 is 2.00 bits per heavy atom. The van der Waals surface area contributed by atoms with Crippen molar-refractivity contribution >= 4 is 38.2 Å². The fourth-order valence-corrected chi connectivity index (χ4v) is 3.25. The van der Waals surface area contributed by atoms with Gasteiger partial charge in [0.2, 0.25) is 0 Å². The molecule has 0 fully saturated rings. The second kappa shape index (κ2) is 5.22. The van der Waals surface area contributed by atoms with E-state index in [4.69, 9.17) is 0 Å². The lowest BCUT2D eigenvalue weighted by Gasteiger charge is -2.09. The number of rotatable bonds is 4. The van der Waals surface area contributed by atoms with Crippen LogP contribution in [0, 0.1) is 5.82 Å². The van der Waals surface area contributed by atoms with E-state index >= 15 is 0 Å². The van der Waals surface area contributed by atoms with Crippen LogP contribution in [0.25, 0.3) is 0 Å². The summed E-state index contributed by atoms with van der Waals surface area (Å²) in [5.74, 6) is -1.54. The Hall–Kier alpha value is -0.500. The molecule has 0 saturated carbocycles. The highest BCUT2D eigenvalue weighted by molar-refractivity contribution is 14.1. The number of alkyl halides is 1. The maximum atomic E-state index is 13.3. The Morgan fingerprint density at radius 3 is 2.50 bits per heavy atom. The van der Waals surface area contributed by atoms with Gasteiger partial charge in [-0.1, -0.05) is 41.6 Å². The van der Waals surface area contributed by atoms with Gasteiger partial charge in [-0.25, -0.2) is 12.8 Å². The summed E-state index contributed by atoms with van der Waals surface area (Å²) in [4.78, 5) is 11.7. The highest BCUT2D eigenvalue weighted by atomic mass is 127. The molecule has 0 amide bonds. The van der Waals surface area contributed by atoms with Crippen LogP contribution < -0.4 is 0 Å². The van der Waals surface area contributed by atoms with Crippen LogP contribution in [0.15, 0.2) is 24.3 Å². The largest absolute Gasteiger partial charge is 0.292 e. The minimum Gasteiger partial charge on any atom is -0.292 e. The van der Waals surface area contributed by atoms with Gasteiger partial charge in [0.25, 0.3) is 0 Å². The number of ketones is 1. The van der Waals surface area contributed by atoms with Crippen LogP contribution >= 0.6 is 22.6 Å². The molecule has 0 aliphatic heterocycles. The minimum absolute atomic E-state index is 0.138. The molecule has 0 heterocycles. The summed E-state index contributed by atoms with van der Waals surface area (Å²) < 4.78 is 35.0. The Kier molecular flexibility index (Phi) is 4.43. The molecular formula is C10H10FIO3S. The van der Waals surface area contributed by atoms with Gasteiger partial charge in [-0.05, 0) is 12.1 Å². The molecule has 1 atom stereocenters. The smallest absolute Gasteiger partial charge is 0.193 e. The molecule has 0 radical (unpaired) electrons. The zero-order valence-electron chi connectivity index (χ0n) is 8.48. The molecule has 1 aromatic rings. The predicted octanol–water partition coefficient (Wildman–Crippen LogP) is 2.20. The number of hydrogen-bond donors (Lipinski definition) is 0. The lowest BCUT2D eigenvalue weighted by atomic mass is 10.1. The van der Waals surface area contributed by atoms with Gasteiger partial charge in [0.1, 0.15) is 5.82 Å². The van der Waals surface area contributed by atoms with Crippen LogP contribution in [0.1, 0.15) is 17.3 Å². The molecule has 1 aromatic carbocycles. The molecule has 3 nitrogen and oxygen atoms in total. The van der Waals surface area contributed by atoms with Crippen molar-refractivity contribution < 1.29 is 17.6 Å². The van der Waals surface area contributed by atoms with Crippen molar-refractivity contribution in [3.05, 3.63) is 35.6 Å². The molecule has 0 spiro atoms. The van der Waals surface area contributed by atoms with E-state index in [1.54, 1.807) is 0 Å². The quantitative estimate of drug-likeness (QED) is 0.472. The van der Waals surface area contributed by atoms with Crippen LogP contribution in [-0.2, 0) is 9.84 Å². The van der Waals surface area contributed by atoms with E-state index in [1.807, 2.05) is 0 Å². The van der Waals surface area contributed by atoms with Gasteiger partial charge in [-0.2, -0.15) is 0 Å². The SMILES string of the molecule is CCS(=O)(=O)[C@H](I)C(=O)c1ccccc1F.